The molecule has 0 unspecified atom stereocenters. The van der Waals surface area contributed by atoms with Gasteiger partial charge in [0.25, 0.3) is 0 Å². The normalized spacial score (nSPS) is 17.0. The number of nitrogens with one attached hydrogen (secondary N) is 1. The van der Waals surface area contributed by atoms with Crippen molar-refractivity contribution in [2.45, 2.75) is 18.2 Å². The minimum absolute atomic E-state index is 0.0861. The van der Waals surface area contributed by atoms with Crippen molar-refractivity contribution < 1.29 is 22.7 Å². The fourth-order valence-electron chi connectivity index (χ4n) is 3.71. The molecule has 2 aliphatic rings. The van der Waals surface area contributed by atoms with Gasteiger partial charge in [-0.2, -0.15) is 4.31 Å². The van der Waals surface area contributed by atoms with Crippen molar-refractivity contribution in [3.05, 3.63) is 47.0 Å². The van der Waals surface area contributed by atoms with E-state index in [1.807, 2.05) is 19.1 Å². The molecule has 1 saturated heterocycles. The van der Waals surface area contributed by atoms with Crippen LogP contribution in [0.4, 0.5) is 5.69 Å². The number of carbonyl (C=O) groups is 1. The number of piperazine rings is 1. The quantitative estimate of drug-likeness (QED) is 0.709. The van der Waals surface area contributed by atoms with Crippen LogP contribution in [0.15, 0.2) is 41.3 Å². The molecule has 4 rings (SSSR count). The average Bonchev–Trinajstić information content (AvgIpc) is 3.05. The van der Waals surface area contributed by atoms with Crippen LogP contribution in [0.2, 0.25) is 5.02 Å². The third kappa shape index (κ3) is 4.79. The Bertz CT molecular complexity index is 1100. The molecular formula is C22H26ClN3O5S. The monoisotopic (exact) mass is 479 g/mol. The number of hydrogen-bond donors (Lipinski definition) is 1. The number of carbonyl (C=O) groups excluding carboxylic acids is 1. The van der Waals surface area contributed by atoms with Gasteiger partial charge in [0.15, 0.2) is 11.5 Å². The zero-order valence-electron chi connectivity index (χ0n) is 17.8. The summed E-state index contributed by atoms with van der Waals surface area (Å²) < 4.78 is 38.8. The Morgan fingerprint density at radius 3 is 2.53 bits per heavy atom. The van der Waals surface area contributed by atoms with Crippen LogP contribution in [0.3, 0.4) is 0 Å². The van der Waals surface area contributed by atoms with Crippen molar-refractivity contribution in [3.8, 4) is 11.5 Å². The molecular weight excluding hydrogens is 454 g/mol. The summed E-state index contributed by atoms with van der Waals surface area (Å²) in [4.78, 5) is 14.5. The SMILES string of the molecule is Cc1c(Cl)cccc1NCC(=O)N1CCN(S(=O)(=O)c2ccc3c(c2)OCCCO3)CC1. The third-order valence-electron chi connectivity index (χ3n) is 5.65. The van der Waals surface area contributed by atoms with Crippen molar-refractivity contribution >= 4 is 33.2 Å². The van der Waals surface area contributed by atoms with Gasteiger partial charge in [-0.3, -0.25) is 4.79 Å². The molecule has 32 heavy (non-hydrogen) atoms. The lowest BCUT2D eigenvalue weighted by Crippen LogP contribution is -2.51. The van der Waals surface area contributed by atoms with Gasteiger partial charge in [0.2, 0.25) is 15.9 Å². The number of rotatable bonds is 5. The summed E-state index contributed by atoms with van der Waals surface area (Å²) in [5, 5.41) is 3.75. The molecule has 1 amide bonds. The number of nitrogens with zero attached hydrogens (tertiary/aromatic N) is 2. The van der Waals surface area contributed by atoms with Gasteiger partial charge in [-0.1, -0.05) is 17.7 Å². The fourth-order valence-corrected chi connectivity index (χ4v) is 5.33. The topological polar surface area (TPSA) is 88.2 Å². The first-order chi connectivity index (χ1) is 15.4. The summed E-state index contributed by atoms with van der Waals surface area (Å²) in [6.07, 6.45) is 0.749. The first-order valence-electron chi connectivity index (χ1n) is 10.5. The molecule has 10 heteroatoms. The summed E-state index contributed by atoms with van der Waals surface area (Å²) in [5.74, 6) is 0.913. The maximum absolute atomic E-state index is 13.1. The highest BCUT2D eigenvalue weighted by molar-refractivity contribution is 7.89. The number of hydrogen-bond acceptors (Lipinski definition) is 6. The smallest absolute Gasteiger partial charge is 0.243 e. The Hall–Kier alpha value is -2.49. The largest absolute Gasteiger partial charge is 0.490 e. The molecule has 2 heterocycles. The van der Waals surface area contributed by atoms with Crippen LogP contribution in [0, 0.1) is 6.92 Å². The molecule has 2 aromatic carbocycles. The lowest BCUT2D eigenvalue weighted by molar-refractivity contribution is -0.130. The van der Waals surface area contributed by atoms with Crippen molar-refractivity contribution in [2.75, 3.05) is 51.3 Å². The van der Waals surface area contributed by atoms with E-state index in [0.717, 1.165) is 17.7 Å². The van der Waals surface area contributed by atoms with Crippen molar-refractivity contribution in [3.63, 3.8) is 0 Å². The van der Waals surface area contributed by atoms with Gasteiger partial charge >= 0.3 is 0 Å². The highest BCUT2D eigenvalue weighted by atomic mass is 35.5. The summed E-state index contributed by atoms with van der Waals surface area (Å²) in [6, 6.07) is 10.2. The lowest BCUT2D eigenvalue weighted by Gasteiger charge is -2.34. The van der Waals surface area contributed by atoms with Gasteiger partial charge in [0.05, 0.1) is 24.7 Å². The van der Waals surface area contributed by atoms with E-state index in [4.69, 9.17) is 21.1 Å². The molecule has 1 fully saturated rings. The first-order valence-corrected chi connectivity index (χ1v) is 12.3. The minimum Gasteiger partial charge on any atom is -0.490 e. The number of amides is 1. The Kier molecular flexibility index (Phi) is 6.78. The van der Waals surface area contributed by atoms with Crippen LogP contribution in [-0.2, 0) is 14.8 Å². The van der Waals surface area contributed by atoms with E-state index in [1.165, 1.54) is 16.4 Å². The van der Waals surface area contributed by atoms with E-state index < -0.39 is 10.0 Å². The number of fused-ring (bicyclic) bond motifs is 1. The Balaban J connectivity index is 1.36. The standard InChI is InChI=1S/C22H26ClN3O5S/c1-16-18(23)4-2-5-19(16)24-15-22(27)25-8-10-26(11-9-25)32(28,29)17-6-7-20-21(14-17)31-13-3-12-30-20/h2,4-7,14,24H,3,8-13,15H2,1H3. The zero-order chi connectivity index (χ0) is 22.7. The van der Waals surface area contributed by atoms with Gasteiger partial charge in [-0.25, -0.2) is 8.42 Å². The molecule has 0 aromatic heterocycles. The molecule has 1 N–H and O–H groups in total. The van der Waals surface area contributed by atoms with Crippen molar-refractivity contribution in [1.82, 2.24) is 9.21 Å². The van der Waals surface area contributed by atoms with E-state index in [0.29, 0.717) is 42.8 Å². The van der Waals surface area contributed by atoms with E-state index in [-0.39, 0.29) is 30.4 Å². The van der Waals surface area contributed by atoms with Crippen LogP contribution in [0.1, 0.15) is 12.0 Å². The first kappa shape index (κ1) is 22.7. The molecule has 0 aliphatic carbocycles. The number of halogens is 1. The van der Waals surface area contributed by atoms with Crippen molar-refractivity contribution in [2.24, 2.45) is 0 Å². The minimum atomic E-state index is -3.69. The fraction of sp³-hybridized carbons (Fsp3) is 0.409. The molecule has 172 valence electrons. The Morgan fingerprint density at radius 1 is 1.06 bits per heavy atom. The van der Waals surface area contributed by atoms with E-state index in [1.54, 1.807) is 17.0 Å². The van der Waals surface area contributed by atoms with Crippen LogP contribution < -0.4 is 14.8 Å². The Labute approximate surface area is 193 Å². The molecule has 2 aliphatic heterocycles. The second kappa shape index (κ2) is 9.56. The van der Waals surface area contributed by atoms with Crippen LogP contribution >= 0.6 is 11.6 Å². The predicted octanol–water partition coefficient (Wildman–Crippen LogP) is 2.75. The second-order valence-corrected chi connectivity index (χ2v) is 10.1. The third-order valence-corrected chi connectivity index (χ3v) is 7.95. The molecule has 0 atom stereocenters. The highest BCUT2D eigenvalue weighted by Crippen LogP contribution is 2.33. The number of ether oxygens (including phenoxy) is 2. The zero-order valence-corrected chi connectivity index (χ0v) is 19.4. The van der Waals surface area contributed by atoms with E-state index in [2.05, 4.69) is 5.32 Å². The van der Waals surface area contributed by atoms with Crippen molar-refractivity contribution in [1.29, 1.82) is 0 Å². The summed E-state index contributed by atoms with van der Waals surface area (Å²) in [7, 11) is -3.69. The number of benzene rings is 2. The maximum Gasteiger partial charge on any atom is 0.243 e. The molecule has 0 spiro atoms. The number of sulfonamides is 1. The van der Waals surface area contributed by atoms with Gasteiger partial charge in [-0.15, -0.1) is 0 Å². The summed E-state index contributed by atoms with van der Waals surface area (Å²) >= 11 is 6.12. The van der Waals surface area contributed by atoms with Gasteiger partial charge in [-0.05, 0) is 36.8 Å². The number of anilines is 1. The van der Waals surface area contributed by atoms with Crippen LogP contribution in [0.25, 0.3) is 0 Å². The molecule has 0 radical (unpaired) electrons. The Morgan fingerprint density at radius 2 is 1.78 bits per heavy atom. The predicted molar refractivity (Wildman–Crippen MR) is 122 cm³/mol. The van der Waals surface area contributed by atoms with E-state index in [9.17, 15) is 13.2 Å². The average molecular weight is 480 g/mol. The lowest BCUT2D eigenvalue weighted by atomic mass is 10.2. The van der Waals surface area contributed by atoms with Gasteiger partial charge in [0.1, 0.15) is 0 Å². The molecule has 0 saturated carbocycles. The van der Waals surface area contributed by atoms with E-state index >= 15 is 0 Å². The van der Waals surface area contributed by atoms with Crippen LogP contribution in [-0.4, -0.2) is 69.5 Å². The highest BCUT2D eigenvalue weighted by Gasteiger charge is 2.31. The second-order valence-electron chi connectivity index (χ2n) is 7.71. The van der Waals surface area contributed by atoms with Gasteiger partial charge < -0.3 is 19.7 Å². The maximum atomic E-state index is 13.1. The molecule has 0 bridgehead atoms. The molecule has 2 aromatic rings. The summed E-state index contributed by atoms with van der Waals surface area (Å²) in [6.45, 7) is 4.17. The van der Waals surface area contributed by atoms with Gasteiger partial charge in [0, 0.05) is 49.4 Å². The van der Waals surface area contributed by atoms with Crippen LogP contribution in [0.5, 0.6) is 11.5 Å². The molecule has 8 nitrogen and oxygen atoms in total. The summed E-state index contributed by atoms with van der Waals surface area (Å²) in [5.41, 5.74) is 1.69.